The molecule has 0 saturated carbocycles. The number of hydrogen-bond acceptors (Lipinski definition) is 4. The predicted octanol–water partition coefficient (Wildman–Crippen LogP) is 3.90. The molecule has 3 aromatic rings. The van der Waals surface area contributed by atoms with Gasteiger partial charge in [-0.15, -0.1) is 0 Å². The fourth-order valence-corrected chi connectivity index (χ4v) is 1.85. The molecule has 0 fully saturated rings. The van der Waals surface area contributed by atoms with Crippen LogP contribution in [-0.4, -0.2) is 15.2 Å². The van der Waals surface area contributed by atoms with Gasteiger partial charge in [-0.05, 0) is 36.4 Å². The standard InChI is InChI=1S/C14H8ClFN2O2/c15-9-3-1-8(2-4-9)13-17-14(20-18-13)11-6-5-10(19)7-12(11)16/h1-7,19H. The van der Waals surface area contributed by atoms with Crippen LogP contribution >= 0.6 is 11.6 Å². The predicted molar refractivity (Wildman–Crippen MR) is 71.8 cm³/mol. The van der Waals surface area contributed by atoms with Gasteiger partial charge in [0.2, 0.25) is 5.82 Å². The van der Waals surface area contributed by atoms with E-state index in [1.807, 2.05) is 0 Å². The van der Waals surface area contributed by atoms with E-state index in [0.717, 1.165) is 6.07 Å². The molecule has 0 spiro atoms. The van der Waals surface area contributed by atoms with Gasteiger partial charge >= 0.3 is 0 Å². The molecule has 0 aliphatic carbocycles. The van der Waals surface area contributed by atoms with Crippen molar-refractivity contribution in [2.75, 3.05) is 0 Å². The Morgan fingerprint density at radius 1 is 1.10 bits per heavy atom. The molecule has 0 unspecified atom stereocenters. The maximum absolute atomic E-state index is 13.7. The molecule has 0 aliphatic rings. The van der Waals surface area contributed by atoms with Gasteiger partial charge in [-0.3, -0.25) is 0 Å². The maximum atomic E-state index is 13.7. The van der Waals surface area contributed by atoms with Gasteiger partial charge in [-0.1, -0.05) is 16.8 Å². The highest BCUT2D eigenvalue weighted by Gasteiger charge is 2.14. The van der Waals surface area contributed by atoms with Crippen LogP contribution in [0.15, 0.2) is 47.0 Å². The first-order chi connectivity index (χ1) is 9.63. The molecule has 1 N–H and O–H groups in total. The lowest BCUT2D eigenvalue weighted by atomic mass is 10.2. The van der Waals surface area contributed by atoms with Gasteiger partial charge in [-0.2, -0.15) is 4.98 Å². The fraction of sp³-hybridized carbons (Fsp3) is 0. The van der Waals surface area contributed by atoms with Gasteiger partial charge < -0.3 is 9.63 Å². The summed E-state index contributed by atoms with van der Waals surface area (Å²) in [6.07, 6.45) is 0. The van der Waals surface area contributed by atoms with Crippen LogP contribution in [0.2, 0.25) is 5.02 Å². The average Bonchev–Trinajstić information content (AvgIpc) is 2.89. The molecule has 3 rings (SSSR count). The third-order valence-electron chi connectivity index (χ3n) is 2.71. The monoisotopic (exact) mass is 290 g/mol. The Bertz CT molecular complexity index is 756. The van der Waals surface area contributed by atoms with Crippen LogP contribution in [-0.2, 0) is 0 Å². The summed E-state index contributed by atoms with van der Waals surface area (Å²) in [6.45, 7) is 0. The number of aromatic hydroxyl groups is 1. The Hall–Kier alpha value is -2.40. The van der Waals surface area contributed by atoms with E-state index in [2.05, 4.69) is 10.1 Å². The number of rotatable bonds is 2. The Kier molecular flexibility index (Phi) is 3.12. The Labute approximate surface area is 118 Å². The van der Waals surface area contributed by atoms with E-state index >= 15 is 0 Å². The Morgan fingerprint density at radius 2 is 1.85 bits per heavy atom. The molecule has 6 heteroatoms. The van der Waals surface area contributed by atoms with Crippen molar-refractivity contribution in [3.63, 3.8) is 0 Å². The first-order valence-electron chi connectivity index (χ1n) is 5.72. The molecule has 0 saturated heterocycles. The van der Waals surface area contributed by atoms with E-state index in [4.69, 9.17) is 16.1 Å². The van der Waals surface area contributed by atoms with E-state index in [1.54, 1.807) is 24.3 Å². The lowest BCUT2D eigenvalue weighted by Gasteiger charge is -1.97. The minimum Gasteiger partial charge on any atom is -0.508 e. The van der Waals surface area contributed by atoms with Crippen molar-refractivity contribution < 1.29 is 14.0 Å². The molecule has 1 aromatic heterocycles. The molecule has 4 nitrogen and oxygen atoms in total. The van der Waals surface area contributed by atoms with Crippen molar-refractivity contribution in [1.82, 2.24) is 10.1 Å². The summed E-state index contributed by atoms with van der Waals surface area (Å²) in [5, 5.41) is 13.6. The number of hydrogen-bond donors (Lipinski definition) is 1. The zero-order valence-corrected chi connectivity index (χ0v) is 10.8. The number of halogens is 2. The van der Waals surface area contributed by atoms with Crippen LogP contribution in [0.4, 0.5) is 4.39 Å². The molecular formula is C14H8ClFN2O2. The second-order valence-corrected chi connectivity index (χ2v) is 4.53. The minimum absolute atomic E-state index is 0.0486. The number of nitrogens with zero attached hydrogens (tertiary/aromatic N) is 2. The lowest BCUT2D eigenvalue weighted by Crippen LogP contribution is -1.84. The normalized spacial score (nSPS) is 10.7. The summed E-state index contributed by atoms with van der Waals surface area (Å²) in [6, 6.07) is 10.6. The zero-order valence-electron chi connectivity index (χ0n) is 10.0. The molecule has 0 bridgehead atoms. The molecule has 100 valence electrons. The summed E-state index contributed by atoms with van der Waals surface area (Å²) in [5.74, 6) is -0.406. The van der Waals surface area contributed by atoms with E-state index in [9.17, 15) is 9.50 Å². The third-order valence-corrected chi connectivity index (χ3v) is 2.96. The maximum Gasteiger partial charge on any atom is 0.261 e. The molecule has 1 heterocycles. The largest absolute Gasteiger partial charge is 0.508 e. The molecule has 0 aliphatic heterocycles. The first-order valence-corrected chi connectivity index (χ1v) is 6.10. The van der Waals surface area contributed by atoms with Gasteiger partial charge in [0, 0.05) is 16.7 Å². The van der Waals surface area contributed by atoms with E-state index < -0.39 is 5.82 Å². The van der Waals surface area contributed by atoms with Crippen LogP contribution < -0.4 is 0 Å². The molecule has 0 atom stereocenters. The quantitative estimate of drug-likeness (QED) is 0.777. The Balaban J connectivity index is 1.99. The second kappa shape index (κ2) is 4.94. The third kappa shape index (κ3) is 2.35. The molecule has 2 aromatic carbocycles. The number of phenols is 1. The number of aromatic nitrogens is 2. The van der Waals surface area contributed by atoms with Crippen LogP contribution in [0.1, 0.15) is 0 Å². The molecule has 20 heavy (non-hydrogen) atoms. The van der Waals surface area contributed by atoms with E-state index in [0.29, 0.717) is 16.4 Å². The lowest BCUT2D eigenvalue weighted by molar-refractivity contribution is 0.428. The van der Waals surface area contributed by atoms with E-state index in [-0.39, 0.29) is 17.2 Å². The van der Waals surface area contributed by atoms with Crippen molar-refractivity contribution in [2.24, 2.45) is 0 Å². The highest BCUT2D eigenvalue weighted by Crippen LogP contribution is 2.27. The van der Waals surface area contributed by atoms with Crippen LogP contribution in [0.25, 0.3) is 22.8 Å². The van der Waals surface area contributed by atoms with Crippen molar-refractivity contribution in [3.8, 4) is 28.6 Å². The number of benzene rings is 2. The Morgan fingerprint density at radius 3 is 2.55 bits per heavy atom. The molecule has 0 amide bonds. The number of phenolic OH excluding ortho intramolecular Hbond substituents is 1. The van der Waals surface area contributed by atoms with Gasteiger partial charge in [-0.25, -0.2) is 4.39 Å². The van der Waals surface area contributed by atoms with Crippen molar-refractivity contribution >= 4 is 11.6 Å². The zero-order chi connectivity index (χ0) is 14.1. The SMILES string of the molecule is Oc1ccc(-c2nc(-c3ccc(Cl)cc3)no2)c(F)c1. The summed E-state index contributed by atoms with van der Waals surface area (Å²) < 4.78 is 18.7. The summed E-state index contributed by atoms with van der Waals surface area (Å²) in [5.41, 5.74) is 0.846. The topological polar surface area (TPSA) is 59.2 Å². The summed E-state index contributed by atoms with van der Waals surface area (Å²) in [4.78, 5) is 4.13. The highest BCUT2D eigenvalue weighted by atomic mass is 35.5. The fourth-order valence-electron chi connectivity index (χ4n) is 1.73. The minimum atomic E-state index is -0.628. The van der Waals surface area contributed by atoms with Gasteiger partial charge in [0.15, 0.2) is 0 Å². The van der Waals surface area contributed by atoms with E-state index in [1.165, 1.54) is 12.1 Å². The van der Waals surface area contributed by atoms with Crippen molar-refractivity contribution in [1.29, 1.82) is 0 Å². The average molecular weight is 291 g/mol. The molecular weight excluding hydrogens is 283 g/mol. The van der Waals surface area contributed by atoms with Crippen LogP contribution in [0, 0.1) is 5.82 Å². The first kappa shape index (κ1) is 12.6. The van der Waals surface area contributed by atoms with Gasteiger partial charge in [0.25, 0.3) is 5.89 Å². The van der Waals surface area contributed by atoms with Gasteiger partial charge in [0.1, 0.15) is 11.6 Å². The van der Waals surface area contributed by atoms with Crippen molar-refractivity contribution in [3.05, 3.63) is 53.3 Å². The highest BCUT2D eigenvalue weighted by molar-refractivity contribution is 6.30. The second-order valence-electron chi connectivity index (χ2n) is 4.09. The summed E-state index contributed by atoms with van der Waals surface area (Å²) >= 11 is 5.80. The van der Waals surface area contributed by atoms with Crippen molar-refractivity contribution in [2.45, 2.75) is 0 Å². The smallest absolute Gasteiger partial charge is 0.261 e. The van der Waals surface area contributed by atoms with Gasteiger partial charge in [0.05, 0.1) is 5.56 Å². The van der Waals surface area contributed by atoms with Crippen LogP contribution in [0.3, 0.4) is 0 Å². The molecule has 0 radical (unpaired) electrons. The summed E-state index contributed by atoms with van der Waals surface area (Å²) in [7, 11) is 0. The van der Waals surface area contributed by atoms with Crippen LogP contribution in [0.5, 0.6) is 5.75 Å².